The molecule has 6 heteroatoms. The Kier molecular flexibility index (Phi) is 6.33. The third-order valence-electron chi connectivity index (χ3n) is 6.21. The molecule has 0 saturated carbocycles. The Morgan fingerprint density at radius 1 is 1.06 bits per heavy atom. The molecule has 2 aromatic rings. The summed E-state index contributed by atoms with van der Waals surface area (Å²) in [6.45, 7) is 7.77. The number of amides is 2. The first-order valence-corrected chi connectivity index (χ1v) is 11.2. The van der Waals surface area contributed by atoms with Gasteiger partial charge in [-0.25, -0.2) is 4.90 Å². The second kappa shape index (κ2) is 9.17. The molecule has 2 aliphatic rings. The molecule has 6 nitrogen and oxygen atoms in total. The molecule has 1 N–H and O–H groups in total. The molecule has 1 saturated heterocycles. The van der Waals surface area contributed by atoms with Gasteiger partial charge in [0.25, 0.3) is 11.8 Å². The highest BCUT2D eigenvalue weighted by atomic mass is 16.5. The third-order valence-corrected chi connectivity index (χ3v) is 6.21. The van der Waals surface area contributed by atoms with Crippen molar-refractivity contribution >= 4 is 23.1 Å². The van der Waals surface area contributed by atoms with E-state index in [0.717, 1.165) is 29.5 Å². The molecule has 168 valence electrons. The number of aliphatic hydroxyl groups excluding tert-OH is 1. The van der Waals surface area contributed by atoms with E-state index in [1.54, 1.807) is 24.3 Å². The number of hydrogen-bond donors (Lipinski definition) is 1. The quantitative estimate of drug-likeness (QED) is 0.703. The normalized spacial score (nSPS) is 19.2. The highest BCUT2D eigenvalue weighted by Crippen LogP contribution is 2.38. The van der Waals surface area contributed by atoms with Crippen LogP contribution in [0.3, 0.4) is 0 Å². The van der Waals surface area contributed by atoms with Crippen LogP contribution < -0.4 is 9.64 Å². The van der Waals surface area contributed by atoms with Gasteiger partial charge >= 0.3 is 0 Å². The van der Waals surface area contributed by atoms with Crippen LogP contribution in [0.1, 0.15) is 36.5 Å². The number of nitrogens with zero attached hydrogens (tertiary/aromatic N) is 2. The Labute approximate surface area is 189 Å². The highest BCUT2D eigenvalue weighted by molar-refractivity contribution is 6.45. The molecule has 0 aromatic heterocycles. The van der Waals surface area contributed by atoms with Crippen molar-refractivity contribution in [1.29, 1.82) is 0 Å². The standard InChI is InChI=1S/C26H30N2O4/c1-4-32-21-10-8-20(9-11-21)28-25(30)23(22-12-7-17(2)14-18(22)3)24(26(28)31)27-13-5-6-19(15-27)16-29/h7-12,14,19,29H,4-6,13,15-16H2,1-3H3. The number of ether oxygens (including phenoxy) is 1. The van der Waals surface area contributed by atoms with Crippen LogP contribution in [0.4, 0.5) is 5.69 Å². The van der Waals surface area contributed by atoms with Crippen molar-refractivity contribution in [2.75, 3.05) is 31.2 Å². The molecule has 2 aromatic carbocycles. The highest BCUT2D eigenvalue weighted by Gasteiger charge is 2.43. The number of carbonyl (C=O) groups excluding carboxylic acids is 2. The van der Waals surface area contributed by atoms with Gasteiger partial charge in [0, 0.05) is 19.7 Å². The summed E-state index contributed by atoms with van der Waals surface area (Å²) in [4.78, 5) is 30.7. The van der Waals surface area contributed by atoms with Gasteiger partial charge in [-0.3, -0.25) is 9.59 Å². The minimum atomic E-state index is -0.313. The van der Waals surface area contributed by atoms with Crippen molar-refractivity contribution in [3.8, 4) is 5.75 Å². The third kappa shape index (κ3) is 4.02. The maximum absolute atomic E-state index is 13.7. The lowest BCUT2D eigenvalue weighted by Crippen LogP contribution is -2.40. The van der Waals surface area contributed by atoms with Crippen LogP contribution in [0.5, 0.6) is 5.75 Å². The van der Waals surface area contributed by atoms with Crippen LogP contribution >= 0.6 is 0 Å². The molecule has 2 aliphatic heterocycles. The summed E-state index contributed by atoms with van der Waals surface area (Å²) in [5.41, 5.74) is 4.25. The summed E-state index contributed by atoms with van der Waals surface area (Å²) in [7, 11) is 0. The number of anilines is 1. The Morgan fingerprint density at radius 2 is 1.81 bits per heavy atom. The van der Waals surface area contributed by atoms with Crippen molar-refractivity contribution in [2.45, 2.75) is 33.6 Å². The number of aryl methyl sites for hydroxylation is 2. The van der Waals surface area contributed by atoms with E-state index in [1.807, 2.05) is 43.9 Å². The average Bonchev–Trinajstić information content (AvgIpc) is 3.04. The molecule has 1 unspecified atom stereocenters. The predicted octanol–water partition coefficient (Wildman–Crippen LogP) is 3.69. The first-order valence-electron chi connectivity index (χ1n) is 11.2. The SMILES string of the molecule is CCOc1ccc(N2C(=O)C(c3ccc(C)cc3C)=C(N3CCCC(CO)C3)C2=O)cc1. The number of aliphatic hydroxyl groups is 1. The van der Waals surface area contributed by atoms with Crippen molar-refractivity contribution < 1.29 is 19.4 Å². The maximum atomic E-state index is 13.7. The van der Waals surface area contributed by atoms with Gasteiger partial charge in [-0.05, 0) is 74.9 Å². The molecule has 32 heavy (non-hydrogen) atoms. The van der Waals surface area contributed by atoms with Gasteiger partial charge in [0.15, 0.2) is 0 Å². The summed E-state index contributed by atoms with van der Waals surface area (Å²) in [5, 5.41) is 9.71. The van der Waals surface area contributed by atoms with E-state index in [1.165, 1.54) is 4.90 Å². The second-order valence-electron chi connectivity index (χ2n) is 8.55. The number of piperidine rings is 1. The predicted molar refractivity (Wildman–Crippen MR) is 124 cm³/mol. The minimum absolute atomic E-state index is 0.0768. The summed E-state index contributed by atoms with van der Waals surface area (Å²) in [6.07, 6.45) is 1.79. The molecule has 0 radical (unpaired) electrons. The van der Waals surface area contributed by atoms with Gasteiger partial charge in [-0.1, -0.05) is 23.8 Å². The number of benzene rings is 2. The van der Waals surface area contributed by atoms with Gasteiger partial charge < -0.3 is 14.7 Å². The average molecular weight is 435 g/mol. The number of imide groups is 1. The van der Waals surface area contributed by atoms with E-state index in [9.17, 15) is 14.7 Å². The molecule has 0 spiro atoms. The number of rotatable bonds is 6. The summed E-state index contributed by atoms with van der Waals surface area (Å²) in [5.74, 6) is 0.166. The topological polar surface area (TPSA) is 70.1 Å². The summed E-state index contributed by atoms with van der Waals surface area (Å²) >= 11 is 0. The first kappa shape index (κ1) is 22.1. The molecular weight excluding hydrogens is 404 g/mol. The smallest absolute Gasteiger partial charge is 0.282 e. The Hall–Kier alpha value is -3.12. The lowest BCUT2D eigenvalue weighted by molar-refractivity contribution is -0.120. The van der Waals surface area contributed by atoms with Crippen LogP contribution in [-0.4, -0.2) is 48.1 Å². The van der Waals surface area contributed by atoms with E-state index in [2.05, 4.69) is 0 Å². The largest absolute Gasteiger partial charge is 0.494 e. The summed E-state index contributed by atoms with van der Waals surface area (Å²) in [6, 6.07) is 13.0. The van der Waals surface area contributed by atoms with Crippen LogP contribution in [0.15, 0.2) is 48.2 Å². The monoisotopic (exact) mass is 434 g/mol. The van der Waals surface area contributed by atoms with Gasteiger partial charge in [0.2, 0.25) is 0 Å². The molecule has 2 amide bonds. The van der Waals surface area contributed by atoms with Crippen LogP contribution in [0, 0.1) is 19.8 Å². The van der Waals surface area contributed by atoms with E-state index in [4.69, 9.17) is 4.74 Å². The lowest BCUT2D eigenvalue weighted by atomic mass is 9.95. The molecule has 2 heterocycles. The molecule has 0 bridgehead atoms. The van der Waals surface area contributed by atoms with Crippen LogP contribution in [-0.2, 0) is 9.59 Å². The zero-order chi connectivity index (χ0) is 22.8. The fourth-order valence-corrected chi connectivity index (χ4v) is 4.66. The molecule has 1 atom stereocenters. The van der Waals surface area contributed by atoms with Crippen LogP contribution in [0.2, 0.25) is 0 Å². The van der Waals surface area contributed by atoms with E-state index >= 15 is 0 Å². The Bertz CT molecular complexity index is 1060. The molecule has 4 rings (SSSR count). The van der Waals surface area contributed by atoms with Gasteiger partial charge in [0.1, 0.15) is 11.4 Å². The minimum Gasteiger partial charge on any atom is -0.494 e. The zero-order valence-corrected chi connectivity index (χ0v) is 18.9. The first-order chi connectivity index (χ1) is 15.4. The maximum Gasteiger partial charge on any atom is 0.282 e. The van der Waals surface area contributed by atoms with Gasteiger partial charge in [-0.15, -0.1) is 0 Å². The van der Waals surface area contributed by atoms with Crippen molar-refractivity contribution in [3.63, 3.8) is 0 Å². The van der Waals surface area contributed by atoms with Crippen molar-refractivity contribution in [2.24, 2.45) is 5.92 Å². The van der Waals surface area contributed by atoms with Crippen molar-refractivity contribution in [3.05, 3.63) is 64.9 Å². The Morgan fingerprint density at radius 3 is 2.47 bits per heavy atom. The number of likely N-dealkylation sites (tertiary alicyclic amines) is 1. The molecular formula is C26H30N2O4. The fraction of sp³-hybridized carbons (Fsp3) is 0.385. The molecule has 0 aliphatic carbocycles. The van der Waals surface area contributed by atoms with Crippen molar-refractivity contribution in [1.82, 2.24) is 4.90 Å². The lowest BCUT2D eigenvalue weighted by Gasteiger charge is -2.34. The van der Waals surface area contributed by atoms with E-state index < -0.39 is 0 Å². The van der Waals surface area contributed by atoms with Gasteiger partial charge in [0.05, 0.1) is 17.9 Å². The number of carbonyl (C=O) groups is 2. The molecule has 1 fully saturated rings. The second-order valence-corrected chi connectivity index (χ2v) is 8.55. The zero-order valence-electron chi connectivity index (χ0n) is 18.9. The van der Waals surface area contributed by atoms with E-state index in [0.29, 0.717) is 42.4 Å². The van der Waals surface area contributed by atoms with E-state index in [-0.39, 0.29) is 24.3 Å². The van der Waals surface area contributed by atoms with Crippen LogP contribution in [0.25, 0.3) is 5.57 Å². The number of hydrogen-bond acceptors (Lipinski definition) is 5. The summed E-state index contributed by atoms with van der Waals surface area (Å²) < 4.78 is 5.50. The fourth-order valence-electron chi connectivity index (χ4n) is 4.66. The van der Waals surface area contributed by atoms with Gasteiger partial charge in [-0.2, -0.15) is 0 Å². The Balaban J connectivity index is 1.79.